The molecule has 0 aliphatic carbocycles. The van der Waals surface area contributed by atoms with E-state index >= 15 is 0 Å². The standard InChI is InChI=1S/C26H22N4O4/c31-23-7-4-14-29(23)16-17-8-10-19(11-9-17)27-25(18-5-2-1-3-6-18)24-21-15-20(30(33)34)12-13-22(21)28-26(24)32/h1-3,5-6,8-13,15,27H,4,7,14,16H2,(H,28,32). The number of rotatable bonds is 6. The molecule has 170 valence electrons. The molecule has 0 atom stereocenters. The topological polar surface area (TPSA) is 105 Å². The summed E-state index contributed by atoms with van der Waals surface area (Å²) in [4.78, 5) is 37.6. The quantitative estimate of drug-likeness (QED) is 0.321. The molecule has 0 spiro atoms. The molecule has 2 aliphatic rings. The fourth-order valence-corrected chi connectivity index (χ4v) is 4.33. The van der Waals surface area contributed by atoms with Crippen LogP contribution in [0.5, 0.6) is 0 Å². The van der Waals surface area contributed by atoms with Crippen molar-refractivity contribution in [2.45, 2.75) is 19.4 Å². The minimum Gasteiger partial charge on any atom is -0.354 e. The van der Waals surface area contributed by atoms with Gasteiger partial charge < -0.3 is 15.5 Å². The monoisotopic (exact) mass is 454 g/mol. The number of likely N-dealkylation sites (tertiary alicyclic amines) is 1. The lowest BCUT2D eigenvalue weighted by atomic mass is 9.99. The van der Waals surface area contributed by atoms with Crippen molar-refractivity contribution in [3.05, 3.63) is 99.6 Å². The van der Waals surface area contributed by atoms with Gasteiger partial charge in [-0.25, -0.2) is 0 Å². The predicted molar refractivity (Wildman–Crippen MR) is 130 cm³/mol. The third-order valence-corrected chi connectivity index (χ3v) is 6.04. The second-order valence-corrected chi connectivity index (χ2v) is 8.30. The Bertz CT molecular complexity index is 1320. The van der Waals surface area contributed by atoms with Gasteiger partial charge in [0.05, 0.1) is 16.2 Å². The zero-order chi connectivity index (χ0) is 23.7. The van der Waals surface area contributed by atoms with Crippen molar-refractivity contribution < 1.29 is 14.5 Å². The van der Waals surface area contributed by atoms with Gasteiger partial charge in [0.2, 0.25) is 5.91 Å². The van der Waals surface area contributed by atoms with Crippen LogP contribution in [0.2, 0.25) is 0 Å². The van der Waals surface area contributed by atoms with E-state index < -0.39 is 4.92 Å². The van der Waals surface area contributed by atoms with Crippen LogP contribution in [0.4, 0.5) is 17.1 Å². The zero-order valence-corrected chi connectivity index (χ0v) is 18.3. The number of hydrogen-bond acceptors (Lipinski definition) is 5. The molecule has 2 N–H and O–H groups in total. The summed E-state index contributed by atoms with van der Waals surface area (Å²) in [5, 5.41) is 17.5. The number of nitro benzene ring substituents is 1. The van der Waals surface area contributed by atoms with Gasteiger partial charge >= 0.3 is 0 Å². The Morgan fingerprint density at radius 2 is 1.79 bits per heavy atom. The average Bonchev–Trinajstić information content (AvgIpc) is 3.40. The summed E-state index contributed by atoms with van der Waals surface area (Å²) < 4.78 is 0. The average molecular weight is 454 g/mol. The molecule has 0 bridgehead atoms. The van der Waals surface area contributed by atoms with Crippen LogP contribution < -0.4 is 10.6 Å². The summed E-state index contributed by atoms with van der Waals surface area (Å²) in [5.74, 6) is -0.149. The normalized spacial score (nSPS) is 16.3. The molecule has 0 saturated carbocycles. The van der Waals surface area contributed by atoms with Crippen LogP contribution in [-0.2, 0) is 16.1 Å². The highest BCUT2D eigenvalue weighted by Gasteiger charge is 2.30. The van der Waals surface area contributed by atoms with Crippen LogP contribution in [0, 0.1) is 10.1 Å². The molecule has 1 saturated heterocycles. The molecule has 0 aromatic heterocycles. The first-order chi connectivity index (χ1) is 16.5. The lowest BCUT2D eigenvalue weighted by Crippen LogP contribution is -2.23. The molecule has 2 heterocycles. The molecule has 3 aromatic rings. The maximum atomic E-state index is 13.0. The Kier molecular flexibility index (Phi) is 5.55. The van der Waals surface area contributed by atoms with Crippen LogP contribution in [0.15, 0.2) is 72.8 Å². The number of nitro groups is 1. The highest BCUT2D eigenvalue weighted by Crippen LogP contribution is 2.39. The third kappa shape index (κ3) is 4.13. The predicted octanol–water partition coefficient (Wildman–Crippen LogP) is 4.65. The maximum Gasteiger partial charge on any atom is 0.270 e. The number of carbonyl (C=O) groups is 2. The Morgan fingerprint density at radius 3 is 2.47 bits per heavy atom. The van der Waals surface area contributed by atoms with Crippen molar-refractivity contribution >= 4 is 40.1 Å². The molecule has 3 aromatic carbocycles. The minimum atomic E-state index is -0.472. The number of nitrogens with one attached hydrogen (secondary N) is 2. The lowest BCUT2D eigenvalue weighted by molar-refractivity contribution is -0.384. The Hall–Kier alpha value is -4.46. The highest BCUT2D eigenvalue weighted by molar-refractivity contribution is 6.37. The number of benzene rings is 3. The first-order valence-electron chi connectivity index (χ1n) is 11.0. The Labute approximate surface area is 196 Å². The second-order valence-electron chi connectivity index (χ2n) is 8.30. The van der Waals surface area contributed by atoms with Gasteiger partial charge in [-0.2, -0.15) is 0 Å². The number of anilines is 2. The Morgan fingerprint density at radius 1 is 1.03 bits per heavy atom. The van der Waals surface area contributed by atoms with Crippen molar-refractivity contribution in [2.75, 3.05) is 17.2 Å². The van der Waals surface area contributed by atoms with E-state index in [1.807, 2.05) is 59.5 Å². The van der Waals surface area contributed by atoms with Crippen LogP contribution in [-0.4, -0.2) is 28.2 Å². The molecule has 8 nitrogen and oxygen atoms in total. The largest absolute Gasteiger partial charge is 0.354 e. The molecule has 0 radical (unpaired) electrons. The van der Waals surface area contributed by atoms with Gasteiger partial charge in [0.25, 0.3) is 11.6 Å². The van der Waals surface area contributed by atoms with E-state index in [1.54, 1.807) is 6.07 Å². The van der Waals surface area contributed by atoms with E-state index in [0.717, 1.165) is 29.8 Å². The highest BCUT2D eigenvalue weighted by atomic mass is 16.6. The maximum absolute atomic E-state index is 13.0. The molecule has 2 aliphatic heterocycles. The summed E-state index contributed by atoms with van der Waals surface area (Å²) in [7, 11) is 0. The van der Waals surface area contributed by atoms with E-state index in [0.29, 0.717) is 35.5 Å². The summed E-state index contributed by atoms with van der Waals surface area (Å²) in [5.41, 5.74) is 4.39. The fraction of sp³-hybridized carbons (Fsp3) is 0.154. The number of fused-ring (bicyclic) bond motifs is 1. The van der Waals surface area contributed by atoms with Gasteiger partial charge in [0, 0.05) is 48.6 Å². The summed E-state index contributed by atoms with van der Waals surface area (Å²) in [6.07, 6.45) is 1.50. The lowest BCUT2D eigenvalue weighted by Gasteiger charge is -2.17. The smallest absolute Gasteiger partial charge is 0.270 e. The minimum absolute atomic E-state index is 0.0824. The number of nitrogens with zero attached hydrogens (tertiary/aromatic N) is 2. The SMILES string of the molecule is O=C1Nc2ccc([N+](=O)[O-])cc2C1=C(Nc1ccc(CN2CCCC2=O)cc1)c1ccccc1. The molecule has 0 unspecified atom stereocenters. The van der Waals surface area contributed by atoms with E-state index in [2.05, 4.69) is 10.6 Å². The van der Waals surface area contributed by atoms with E-state index in [-0.39, 0.29) is 17.5 Å². The van der Waals surface area contributed by atoms with E-state index in [1.165, 1.54) is 12.1 Å². The molecular weight excluding hydrogens is 432 g/mol. The second kappa shape index (κ2) is 8.82. The molecule has 34 heavy (non-hydrogen) atoms. The number of amides is 2. The van der Waals surface area contributed by atoms with Gasteiger partial charge in [0.15, 0.2) is 0 Å². The zero-order valence-electron chi connectivity index (χ0n) is 18.3. The van der Waals surface area contributed by atoms with Crippen molar-refractivity contribution in [3.8, 4) is 0 Å². The van der Waals surface area contributed by atoms with Crippen LogP contribution in [0.3, 0.4) is 0 Å². The van der Waals surface area contributed by atoms with Gasteiger partial charge in [0.1, 0.15) is 0 Å². The first-order valence-corrected chi connectivity index (χ1v) is 11.0. The molecule has 8 heteroatoms. The molecular formula is C26H22N4O4. The fourth-order valence-electron chi connectivity index (χ4n) is 4.33. The number of carbonyl (C=O) groups excluding carboxylic acids is 2. The van der Waals surface area contributed by atoms with Crippen LogP contribution in [0.1, 0.15) is 29.5 Å². The van der Waals surface area contributed by atoms with Crippen molar-refractivity contribution in [3.63, 3.8) is 0 Å². The van der Waals surface area contributed by atoms with Crippen LogP contribution in [0.25, 0.3) is 11.3 Å². The molecule has 5 rings (SSSR count). The van der Waals surface area contributed by atoms with Crippen molar-refractivity contribution in [1.29, 1.82) is 0 Å². The van der Waals surface area contributed by atoms with Gasteiger partial charge in [-0.05, 0) is 35.7 Å². The number of hydrogen-bond donors (Lipinski definition) is 2. The Balaban J connectivity index is 1.52. The summed E-state index contributed by atoms with van der Waals surface area (Å²) in [6.45, 7) is 1.36. The number of non-ortho nitro benzene ring substituents is 1. The van der Waals surface area contributed by atoms with Gasteiger partial charge in [-0.3, -0.25) is 19.7 Å². The molecule has 1 fully saturated rings. The van der Waals surface area contributed by atoms with Crippen molar-refractivity contribution in [2.24, 2.45) is 0 Å². The first kappa shape index (κ1) is 21.4. The van der Waals surface area contributed by atoms with Gasteiger partial charge in [-0.15, -0.1) is 0 Å². The van der Waals surface area contributed by atoms with Crippen LogP contribution >= 0.6 is 0 Å². The van der Waals surface area contributed by atoms with Crippen molar-refractivity contribution in [1.82, 2.24) is 4.90 Å². The summed E-state index contributed by atoms with van der Waals surface area (Å²) in [6, 6.07) is 21.4. The summed E-state index contributed by atoms with van der Waals surface area (Å²) >= 11 is 0. The van der Waals surface area contributed by atoms with Gasteiger partial charge in [-0.1, -0.05) is 42.5 Å². The van der Waals surface area contributed by atoms with E-state index in [4.69, 9.17) is 0 Å². The third-order valence-electron chi connectivity index (χ3n) is 6.04. The molecule has 2 amide bonds. The van der Waals surface area contributed by atoms with E-state index in [9.17, 15) is 19.7 Å².